The zero-order valence-corrected chi connectivity index (χ0v) is 14.3. The fourth-order valence-electron chi connectivity index (χ4n) is 1.48. The maximum Gasteiger partial charge on any atom is 0.152 e. The van der Waals surface area contributed by atoms with E-state index in [4.69, 9.17) is 0 Å². The van der Waals surface area contributed by atoms with Gasteiger partial charge in [-0.25, -0.2) is 0 Å². The fraction of sp³-hybridized carbons (Fsp3) is 0.333. The van der Waals surface area contributed by atoms with E-state index in [2.05, 4.69) is 49.4 Å². The third kappa shape index (κ3) is 4.44. The number of allylic oxidation sites excluding steroid dienone is 3. The van der Waals surface area contributed by atoms with Crippen LogP contribution in [0.1, 0.15) is 32.8 Å². The molecule has 0 saturated carbocycles. The van der Waals surface area contributed by atoms with Gasteiger partial charge in [0, 0.05) is 3.58 Å². The van der Waals surface area contributed by atoms with Crippen LogP contribution in [-0.4, -0.2) is 10.8 Å². The van der Waals surface area contributed by atoms with Crippen LogP contribution in [0.4, 0.5) is 0 Å². The second-order valence-electron chi connectivity index (χ2n) is 4.27. The number of halogens is 1. The number of rotatable bonds is 4. The van der Waals surface area contributed by atoms with Gasteiger partial charge in [-0.2, -0.15) is 0 Å². The Morgan fingerprint density at radius 2 is 1.83 bits per heavy atom. The van der Waals surface area contributed by atoms with Gasteiger partial charge in [-0.1, -0.05) is 12.5 Å². The van der Waals surface area contributed by atoms with Crippen LogP contribution in [0, 0.1) is 0 Å². The van der Waals surface area contributed by atoms with E-state index in [1.54, 1.807) is 6.26 Å². The zero-order valence-electron chi connectivity index (χ0n) is 11.3. The lowest BCUT2D eigenvalue weighted by atomic mass is 10.1. The Bertz CT molecular complexity index is 458. The van der Waals surface area contributed by atoms with E-state index in [1.807, 2.05) is 24.3 Å². The standard InChI is InChI=1S/C15H19IOS/c1-5-11(2)12(3)15(16)10-13-6-8-14(9-7-13)18(4)17/h6-10H,5H2,1-4H3/b12-11+,15-10-. The largest absolute Gasteiger partial charge is 0.612 e. The summed E-state index contributed by atoms with van der Waals surface area (Å²) >= 11 is 1.48. The van der Waals surface area contributed by atoms with Crippen molar-refractivity contribution in [3.05, 3.63) is 44.6 Å². The maximum atomic E-state index is 11.3. The molecule has 1 nitrogen and oxygen atoms in total. The molecule has 0 heterocycles. The summed E-state index contributed by atoms with van der Waals surface area (Å²) in [4.78, 5) is 0.874. The number of hydrogen-bond donors (Lipinski definition) is 0. The summed E-state index contributed by atoms with van der Waals surface area (Å²) in [5.41, 5.74) is 3.92. The quantitative estimate of drug-likeness (QED) is 0.416. The average molecular weight is 374 g/mol. The molecule has 0 aliphatic heterocycles. The third-order valence-electron chi connectivity index (χ3n) is 3.03. The van der Waals surface area contributed by atoms with Crippen molar-refractivity contribution in [3.63, 3.8) is 0 Å². The molecular formula is C15H19IOS. The van der Waals surface area contributed by atoms with Gasteiger partial charge in [0.1, 0.15) is 6.26 Å². The van der Waals surface area contributed by atoms with Crippen LogP contribution in [0.3, 0.4) is 0 Å². The van der Waals surface area contributed by atoms with Gasteiger partial charge in [-0.15, -0.1) is 0 Å². The first-order valence-electron chi connectivity index (χ1n) is 5.93. The van der Waals surface area contributed by atoms with E-state index in [1.165, 1.54) is 14.7 Å². The Labute approximate surface area is 127 Å². The molecule has 0 spiro atoms. The summed E-state index contributed by atoms with van der Waals surface area (Å²) in [5.74, 6) is 0. The van der Waals surface area contributed by atoms with Crippen LogP contribution < -0.4 is 0 Å². The van der Waals surface area contributed by atoms with E-state index in [9.17, 15) is 4.55 Å². The van der Waals surface area contributed by atoms with Crippen molar-refractivity contribution in [3.8, 4) is 0 Å². The number of hydrogen-bond acceptors (Lipinski definition) is 1. The smallest absolute Gasteiger partial charge is 0.152 e. The SMILES string of the molecule is CC/C(C)=C(C)/C(I)=C/c1ccc([S+](C)[O-])cc1. The normalized spacial score (nSPS) is 15.3. The summed E-state index contributed by atoms with van der Waals surface area (Å²) in [6.07, 6.45) is 4.95. The highest BCUT2D eigenvalue weighted by atomic mass is 127. The van der Waals surface area contributed by atoms with E-state index in [0.717, 1.165) is 16.9 Å². The van der Waals surface area contributed by atoms with Crippen molar-refractivity contribution in [2.24, 2.45) is 0 Å². The molecule has 1 atom stereocenters. The van der Waals surface area contributed by atoms with Gasteiger partial charge in [0.05, 0.1) is 0 Å². The monoisotopic (exact) mass is 374 g/mol. The lowest BCUT2D eigenvalue weighted by Gasteiger charge is -2.06. The highest BCUT2D eigenvalue weighted by molar-refractivity contribution is 14.1. The first-order chi connectivity index (χ1) is 8.45. The molecule has 0 bridgehead atoms. The molecule has 0 aliphatic carbocycles. The molecular weight excluding hydrogens is 355 g/mol. The van der Waals surface area contributed by atoms with Crippen LogP contribution in [0.2, 0.25) is 0 Å². The summed E-state index contributed by atoms with van der Waals surface area (Å²) < 4.78 is 12.6. The minimum absolute atomic E-state index is 0.874. The summed E-state index contributed by atoms with van der Waals surface area (Å²) in [6, 6.07) is 7.89. The van der Waals surface area contributed by atoms with Crippen molar-refractivity contribution in [1.29, 1.82) is 0 Å². The van der Waals surface area contributed by atoms with Crippen LogP contribution in [-0.2, 0) is 11.2 Å². The molecule has 1 rings (SSSR count). The molecule has 0 aromatic heterocycles. The minimum atomic E-state index is -0.899. The average Bonchev–Trinajstić information content (AvgIpc) is 2.37. The van der Waals surface area contributed by atoms with E-state index < -0.39 is 11.2 Å². The second kappa shape index (κ2) is 7.36. The molecule has 1 aromatic carbocycles. The Morgan fingerprint density at radius 3 is 2.28 bits per heavy atom. The van der Waals surface area contributed by atoms with Gasteiger partial charge in [0.2, 0.25) is 0 Å². The van der Waals surface area contributed by atoms with Crippen LogP contribution in [0.5, 0.6) is 0 Å². The first kappa shape index (κ1) is 15.8. The molecule has 98 valence electrons. The molecule has 0 saturated heterocycles. The second-order valence-corrected chi connectivity index (χ2v) is 6.82. The van der Waals surface area contributed by atoms with Gasteiger partial charge in [-0.05, 0) is 95.5 Å². The Kier molecular flexibility index (Phi) is 6.46. The third-order valence-corrected chi connectivity index (χ3v) is 5.09. The predicted molar refractivity (Wildman–Crippen MR) is 89.4 cm³/mol. The van der Waals surface area contributed by atoms with E-state index in [-0.39, 0.29) is 0 Å². The Balaban J connectivity index is 2.96. The van der Waals surface area contributed by atoms with E-state index >= 15 is 0 Å². The van der Waals surface area contributed by atoms with Crippen molar-refractivity contribution in [1.82, 2.24) is 0 Å². The van der Waals surface area contributed by atoms with Gasteiger partial charge in [0.25, 0.3) is 0 Å². The van der Waals surface area contributed by atoms with Crippen molar-refractivity contribution in [2.45, 2.75) is 32.1 Å². The summed E-state index contributed by atoms with van der Waals surface area (Å²) in [7, 11) is 0. The zero-order chi connectivity index (χ0) is 13.7. The lowest BCUT2D eigenvalue weighted by molar-refractivity contribution is 0.601. The lowest BCUT2D eigenvalue weighted by Crippen LogP contribution is -1.96. The van der Waals surface area contributed by atoms with E-state index in [0.29, 0.717) is 0 Å². The topological polar surface area (TPSA) is 23.1 Å². The minimum Gasteiger partial charge on any atom is -0.612 e. The van der Waals surface area contributed by atoms with Gasteiger partial charge >= 0.3 is 0 Å². The highest BCUT2D eigenvalue weighted by Crippen LogP contribution is 2.25. The van der Waals surface area contributed by atoms with Crippen molar-refractivity contribution >= 4 is 39.8 Å². The molecule has 1 aromatic rings. The Morgan fingerprint density at radius 1 is 1.28 bits per heavy atom. The number of benzene rings is 1. The van der Waals surface area contributed by atoms with Crippen molar-refractivity contribution in [2.75, 3.05) is 6.26 Å². The molecule has 3 heteroatoms. The fourth-order valence-corrected chi connectivity index (χ4v) is 2.82. The molecule has 0 N–H and O–H groups in total. The van der Waals surface area contributed by atoms with Crippen LogP contribution >= 0.6 is 22.6 Å². The molecule has 0 fully saturated rings. The molecule has 0 amide bonds. The molecule has 1 unspecified atom stereocenters. The summed E-state index contributed by atoms with van der Waals surface area (Å²) in [6.45, 7) is 6.51. The molecule has 18 heavy (non-hydrogen) atoms. The van der Waals surface area contributed by atoms with Gasteiger partial charge in [-0.3, -0.25) is 0 Å². The van der Waals surface area contributed by atoms with Crippen LogP contribution in [0.15, 0.2) is 43.9 Å². The molecule has 0 radical (unpaired) electrons. The summed E-state index contributed by atoms with van der Waals surface area (Å²) in [5, 5.41) is 0. The van der Waals surface area contributed by atoms with Gasteiger partial charge in [0.15, 0.2) is 4.90 Å². The van der Waals surface area contributed by atoms with Crippen molar-refractivity contribution < 1.29 is 4.55 Å². The Hall–Kier alpha value is -0.260. The predicted octanol–water partition coefficient (Wildman–Crippen LogP) is 4.95. The van der Waals surface area contributed by atoms with Gasteiger partial charge < -0.3 is 4.55 Å². The molecule has 0 aliphatic rings. The van der Waals surface area contributed by atoms with Crippen LogP contribution in [0.25, 0.3) is 6.08 Å². The maximum absolute atomic E-state index is 11.3. The first-order valence-corrected chi connectivity index (χ1v) is 8.56. The highest BCUT2D eigenvalue weighted by Gasteiger charge is 2.03.